The molecule has 0 unspecified atom stereocenters. The summed E-state index contributed by atoms with van der Waals surface area (Å²) < 4.78 is 16.1. The van der Waals surface area contributed by atoms with Gasteiger partial charge in [-0.25, -0.2) is 0 Å². The SMILES string of the molecule is Cc1noc2c3c(ccc12)OCCO3. The summed E-state index contributed by atoms with van der Waals surface area (Å²) in [5.74, 6) is 1.41. The van der Waals surface area contributed by atoms with E-state index < -0.39 is 0 Å². The van der Waals surface area contributed by atoms with Gasteiger partial charge in [-0.3, -0.25) is 0 Å². The van der Waals surface area contributed by atoms with Gasteiger partial charge in [-0.1, -0.05) is 5.16 Å². The van der Waals surface area contributed by atoms with E-state index in [2.05, 4.69) is 5.16 Å². The Kier molecular flexibility index (Phi) is 1.45. The van der Waals surface area contributed by atoms with Gasteiger partial charge in [0.2, 0.25) is 11.3 Å². The zero-order chi connectivity index (χ0) is 9.54. The number of benzene rings is 1. The minimum absolute atomic E-state index is 0.561. The fraction of sp³-hybridized carbons (Fsp3) is 0.300. The zero-order valence-electron chi connectivity index (χ0n) is 7.74. The van der Waals surface area contributed by atoms with Crippen molar-refractivity contribution in [2.45, 2.75) is 6.92 Å². The Morgan fingerprint density at radius 3 is 3.00 bits per heavy atom. The molecule has 0 atom stereocenters. The third kappa shape index (κ3) is 0.907. The molecule has 0 amide bonds. The molecule has 1 aliphatic heterocycles. The first-order valence-corrected chi connectivity index (χ1v) is 4.51. The fourth-order valence-electron chi connectivity index (χ4n) is 1.63. The van der Waals surface area contributed by atoms with Crippen LogP contribution in [0, 0.1) is 6.92 Å². The molecule has 4 heteroatoms. The quantitative estimate of drug-likeness (QED) is 0.638. The molecule has 0 fully saturated rings. The zero-order valence-corrected chi connectivity index (χ0v) is 7.74. The molecule has 0 saturated heterocycles. The van der Waals surface area contributed by atoms with E-state index in [1.807, 2.05) is 19.1 Å². The molecule has 4 nitrogen and oxygen atoms in total. The standard InChI is InChI=1S/C10H9NO3/c1-6-7-2-3-8-10(9(7)14-11-6)13-5-4-12-8/h2-3H,4-5H2,1H3. The molecule has 0 radical (unpaired) electrons. The molecule has 0 spiro atoms. The molecule has 0 aliphatic carbocycles. The summed E-state index contributed by atoms with van der Waals surface area (Å²) in [6.45, 7) is 3.05. The highest BCUT2D eigenvalue weighted by Gasteiger charge is 2.19. The molecule has 1 aromatic heterocycles. The van der Waals surface area contributed by atoms with Gasteiger partial charge in [-0.05, 0) is 19.1 Å². The highest BCUT2D eigenvalue weighted by Crippen LogP contribution is 2.38. The molecular weight excluding hydrogens is 182 g/mol. The molecule has 1 aliphatic rings. The molecule has 0 N–H and O–H groups in total. The summed E-state index contributed by atoms with van der Waals surface area (Å²) in [6, 6.07) is 3.83. The minimum Gasteiger partial charge on any atom is -0.486 e. The molecule has 14 heavy (non-hydrogen) atoms. The van der Waals surface area contributed by atoms with Crippen molar-refractivity contribution in [2.75, 3.05) is 13.2 Å². The second-order valence-electron chi connectivity index (χ2n) is 3.23. The Hall–Kier alpha value is -1.71. The first-order valence-electron chi connectivity index (χ1n) is 4.51. The normalized spacial score (nSPS) is 14.6. The fourth-order valence-corrected chi connectivity index (χ4v) is 1.63. The van der Waals surface area contributed by atoms with Crippen molar-refractivity contribution < 1.29 is 14.0 Å². The van der Waals surface area contributed by atoms with Gasteiger partial charge in [0.05, 0.1) is 5.69 Å². The first-order chi connectivity index (χ1) is 6.86. The average molecular weight is 191 g/mol. The van der Waals surface area contributed by atoms with Gasteiger partial charge in [-0.15, -0.1) is 0 Å². The third-order valence-corrected chi connectivity index (χ3v) is 2.33. The molecule has 72 valence electrons. The molecule has 0 saturated carbocycles. The van der Waals surface area contributed by atoms with E-state index in [-0.39, 0.29) is 0 Å². The number of nitrogens with zero attached hydrogens (tertiary/aromatic N) is 1. The van der Waals surface area contributed by atoms with Gasteiger partial charge in [0.25, 0.3) is 0 Å². The lowest BCUT2D eigenvalue weighted by molar-refractivity contribution is 0.171. The molecule has 0 bridgehead atoms. The number of rotatable bonds is 0. The van der Waals surface area contributed by atoms with Crippen LogP contribution in [0.5, 0.6) is 11.5 Å². The van der Waals surface area contributed by atoms with Crippen molar-refractivity contribution >= 4 is 11.0 Å². The van der Waals surface area contributed by atoms with Crippen LogP contribution in [-0.2, 0) is 0 Å². The Bertz CT molecular complexity index is 489. The van der Waals surface area contributed by atoms with E-state index >= 15 is 0 Å². The van der Waals surface area contributed by atoms with Crippen LogP contribution in [0.1, 0.15) is 5.69 Å². The third-order valence-electron chi connectivity index (χ3n) is 2.33. The number of ether oxygens (including phenoxy) is 2. The maximum Gasteiger partial charge on any atom is 0.212 e. The summed E-state index contributed by atoms with van der Waals surface area (Å²) in [6.07, 6.45) is 0. The highest BCUT2D eigenvalue weighted by atomic mass is 16.6. The van der Waals surface area contributed by atoms with Crippen molar-refractivity contribution in [1.82, 2.24) is 5.16 Å². The van der Waals surface area contributed by atoms with Crippen LogP contribution in [0.15, 0.2) is 16.7 Å². The summed E-state index contributed by atoms with van der Waals surface area (Å²) in [5, 5.41) is 4.87. The van der Waals surface area contributed by atoms with Crippen LogP contribution >= 0.6 is 0 Å². The van der Waals surface area contributed by atoms with Crippen LogP contribution < -0.4 is 9.47 Å². The maximum atomic E-state index is 5.49. The van der Waals surface area contributed by atoms with Crippen molar-refractivity contribution in [3.05, 3.63) is 17.8 Å². The number of aryl methyl sites for hydroxylation is 1. The summed E-state index contributed by atoms with van der Waals surface area (Å²) in [7, 11) is 0. The monoisotopic (exact) mass is 191 g/mol. The van der Waals surface area contributed by atoms with Crippen LogP contribution in [0.3, 0.4) is 0 Å². The molecule has 3 rings (SSSR count). The Morgan fingerprint density at radius 2 is 2.07 bits per heavy atom. The van der Waals surface area contributed by atoms with E-state index in [1.54, 1.807) is 0 Å². The smallest absolute Gasteiger partial charge is 0.212 e. The minimum atomic E-state index is 0.561. The summed E-state index contributed by atoms with van der Waals surface area (Å²) >= 11 is 0. The van der Waals surface area contributed by atoms with Gasteiger partial charge in [-0.2, -0.15) is 0 Å². The van der Waals surface area contributed by atoms with Crippen LogP contribution in [0.2, 0.25) is 0 Å². The second-order valence-corrected chi connectivity index (χ2v) is 3.23. The van der Waals surface area contributed by atoms with E-state index in [0.29, 0.717) is 24.5 Å². The lowest BCUT2D eigenvalue weighted by Gasteiger charge is -2.17. The van der Waals surface area contributed by atoms with Gasteiger partial charge < -0.3 is 14.0 Å². The maximum absolute atomic E-state index is 5.49. The van der Waals surface area contributed by atoms with E-state index in [0.717, 1.165) is 16.8 Å². The molecule has 1 aromatic carbocycles. The first kappa shape index (κ1) is 7.67. The van der Waals surface area contributed by atoms with Crippen molar-refractivity contribution in [2.24, 2.45) is 0 Å². The topological polar surface area (TPSA) is 44.5 Å². The second kappa shape index (κ2) is 2.64. The van der Waals surface area contributed by atoms with Gasteiger partial charge in [0.15, 0.2) is 5.75 Å². The summed E-state index contributed by atoms with van der Waals surface area (Å²) in [5.41, 5.74) is 1.55. The van der Waals surface area contributed by atoms with Crippen molar-refractivity contribution in [3.8, 4) is 11.5 Å². The van der Waals surface area contributed by atoms with Crippen LogP contribution in [0.25, 0.3) is 11.0 Å². The van der Waals surface area contributed by atoms with Gasteiger partial charge >= 0.3 is 0 Å². The van der Waals surface area contributed by atoms with E-state index in [9.17, 15) is 0 Å². The van der Waals surface area contributed by atoms with E-state index in [4.69, 9.17) is 14.0 Å². The lowest BCUT2D eigenvalue weighted by atomic mass is 10.2. The average Bonchev–Trinajstić information content (AvgIpc) is 2.61. The molecule has 2 heterocycles. The number of hydrogen-bond acceptors (Lipinski definition) is 4. The Labute approximate surface area is 80.4 Å². The Balaban J connectivity index is 2.35. The van der Waals surface area contributed by atoms with Crippen LogP contribution in [-0.4, -0.2) is 18.4 Å². The Morgan fingerprint density at radius 1 is 1.21 bits per heavy atom. The van der Waals surface area contributed by atoms with Crippen molar-refractivity contribution in [1.29, 1.82) is 0 Å². The number of fused-ring (bicyclic) bond motifs is 3. The lowest BCUT2D eigenvalue weighted by Crippen LogP contribution is -2.15. The summed E-state index contributed by atoms with van der Waals surface area (Å²) in [4.78, 5) is 0. The number of aromatic nitrogens is 1. The molecule has 2 aromatic rings. The molecular formula is C10H9NO3. The predicted molar refractivity (Wildman–Crippen MR) is 49.7 cm³/mol. The largest absolute Gasteiger partial charge is 0.486 e. The van der Waals surface area contributed by atoms with Crippen molar-refractivity contribution in [3.63, 3.8) is 0 Å². The van der Waals surface area contributed by atoms with Crippen LogP contribution in [0.4, 0.5) is 0 Å². The number of hydrogen-bond donors (Lipinski definition) is 0. The van der Waals surface area contributed by atoms with Gasteiger partial charge in [0, 0.05) is 5.39 Å². The van der Waals surface area contributed by atoms with E-state index in [1.165, 1.54) is 0 Å². The highest BCUT2D eigenvalue weighted by molar-refractivity contribution is 5.87. The van der Waals surface area contributed by atoms with Gasteiger partial charge in [0.1, 0.15) is 13.2 Å². The predicted octanol–water partition coefficient (Wildman–Crippen LogP) is 1.91.